The van der Waals surface area contributed by atoms with Gasteiger partial charge in [0.25, 0.3) is 0 Å². The maximum absolute atomic E-state index is 11.1. The fraction of sp³-hybridized carbons (Fsp3) is 0.643. The number of aromatic nitrogens is 1. The minimum atomic E-state index is -0.534. The van der Waals surface area contributed by atoms with Gasteiger partial charge in [-0.05, 0) is 18.6 Å². The lowest BCUT2D eigenvalue weighted by Gasteiger charge is -2.55. The van der Waals surface area contributed by atoms with E-state index in [4.69, 9.17) is 0 Å². The summed E-state index contributed by atoms with van der Waals surface area (Å²) in [6, 6.07) is 6.21. The maximum atomic E-state index is 11.1. The van der Waals surface area contributed by atoms with Crippen molar-refractivity contribution in [1.29, 1.82) is 0 Å². The van der Waals surface area contributed by atoms with E-state index in [1.54, 1.807) is 0 Å². The van der Waals surface area contributed by atoms with Crippen LogP contribution in [-0.2, 0) is 17.2 Å². The summed E-state index contributed by atoms with van der Waals surface area (Å²) in [5.41, 5.74) is 1.52. The van der Waals surface area contributed by atoms with E-state index in [0.29, 0.717) is 5.41 Å². The highest BCUT2D eigenvalue weighted by atomic mass is 32.2. The molecule has 2 saturated heterocycles. The predicted molar refractivity (Wildman–Crippen MR) is 77.5 cm³/mol. The maximum Gasteiger partial charge on any atom is 0.128 e. The molecule has 3 rings (SSSR count). The molecule has 4 heteroatoms. The van der Waals surface area contributed by atoms with Crippen LogP contribution in [0.2, 0.25) is 0 Å². The highest BCUT2D eigenvalue weighted by Gasteiger charge is 2.52. The third-order valence-electron chi connectivity index (χ3n) is 3.47. The van der Waals surface area contributed by atoms with E-state index >= 15 is 0 Å². The molecule has 2 aliphatic rings. The van der Waals surface area contributed by atoms with E-state index in [1.165, 1.54) is 0 Å². The van der Waals surface area contributed by atoms with Crippen molar-refractivity contribution >= 4 is 16.6 Å². The van der Waals surface area contributed by atoms with Gasteiger partial charge in [0, 0.05) is 46.5 Å². The van der Waals surface area contributed by atoms with Gasteiger partial charge in [-0.3, -0.25) is 4.21 Å². The van der Waals surface area contributed by atoms with Gasteiger partial charge in [0.15, 0.2) is 0 Å². The molecule has 0 saturated carbocycles. The van der Waals surface area contributed by atoms with Gasteiger partial charge in [0.05, 0.1) is 0 Å². The molecule has 3 heterocycles. The van der Waals surface area contributed by atoms with E-state index in [-0.39, 0.29) is 0 Å². The lowest BCUT2D eigenvalue weighted by atomic mass is 9.83. The molecule has 2 fully saturated rings. The molecule has 1 aromatic heterocycles. The van der Waals surface area contributed by atoms with E-state index in [2.05, 4.69) is 35.0 Å². The smallest absolute Gasteiger partial charge is 0.128 e. The van der Waals surface area contributed by atoms with Gasteiger partial charge in [0.2, 0.25) is 0 Å². The van der Waals surface area contributed by atoms with Crippen LogP contribution in [0.15, 0.2) is 18.2 Å². The molecule has 1 aromatic rings. The van der Waals surface area contributed by atoms with Crippen LogP contribution in [0.3, 0.4) is 0 Å². The second kappa shape index (κ2) is 5.39. The van der Waals surface area contributed by atoms with Crippen molar-refractivity contribution in [3.05, 3.63) is 23.9 Å². The molecule has 0 unspecified atom stereocenters. The summed E-state index contributed by atoms with van der Waals surface area (Å²) in [6.07, 6.45) is 0.983. The number of hydrogen-bond donors (Lipinski definition) is 0. The molecule has 0 aliphatic carbocycles. The molecule has 0 atom stereocenters. The highest BCUT2D eigenvalue weighted by Crippen LogP contribution is 2.41. The summed E-state index contributed by atoms with van der Waals surface area (Å²) < 4.78 is 11.1. The minimum absolute atomic E-state index is 0.370. The predicted octanol–water partition coefficient (Wildman–Crippen LogP) is 2.24. The summed E-state index contributed by atoms with van der Waals surface area (Å²) in [5, 5.41) is 0. The van der Waals surface area contributed by atoms with Crippen LogP contribution in [0, 0.1) is 5.41 Å². The van der Waals surface area contributed by atoms with Crippen LogP contribution in [0.25, 0.3) is 0 Å². The van der Waals surface area contributed by atoms with Crippen molar-refractivity contribution in [3.8, 4) is 0 Å². The number of nitrogens with zero attached hydrogens (tertiary/aromatic N) is 2. The largest absolute Gasteiger partial charge is 0.355 e. The summed E-state index contributed by atoms with van der Waals surface area (Å²) in [6.45, 7) is 8.20. The Kier molecular flexibility index (Phi) is 4.05. The van der Waals surface area contributed by atoms with Gasteiger partial charge in [-0.25, -0.2) is 4.98 Å². The van der Waals surface area contributed by atoms with E-state index in [0.717, 1.165) is 42.5 Å². The SMILES string of the molecule is CC.CCc1cccc(N2CC3(C2)CS(=O)C3)n1. The molecule has 2 aliphatic heterocycles. The van der Waals surface area contributed by atoms with Crippen molar-refractivity contribution in [2.75, 3.05) is 29.5 Å². The molecule has 18 heavy (non-hydrogen) atoms. The van der Waals surface area contributed by atoms with Gasteiger partial charge in [0.1, 0.15) is 5.82 Å². The molecule has 100 valence electrons. The first-order valence-corrected chi connectivity index (χ1v) is 8.25. The average Bonchev–Trinajstić information content (AvgIpc) is 2.34. The lowest BCUT2D eigenvalue weighted by Crippen LogP contribution is -2.67. The number of rotatable bonds is 2. The Morgan fingerprint density at radius 3 is 2.56 bits per heavy atom. The zero-order chi connectivity index (χ0) is 13.2. The Bertz CT molecular complexity index is 431. The van der Waals surface area contributed by atoms with Gasteiger partial charge in [-0.15, -0.1) is 0 Å². The first kappa shape index (κ1) is 13.5. The Morgan fingerprint density at radius 2 is 2.00 bits per heavy atom. The Morgan fingerprint density at radius 1 is 1.33 bits per heavy atom. The fourth-order valence-electron chi connectivity index (χ4n) is 2.59. The van der Waals surface area contributed by atoms with Crippen LogP contribution >= 0.6 is 0 Å². The van der Waals surface area contributed by atoms with Crippen LogP contribution in [0.1, 0.15) is 26.5 Å². The van der Waals surface area contributed by atoms with Gasteiger partial charge >= 0.3 is 0 Å². The summed E-state index contributed by atoms with van der Waals surface area (Å²) in [5.74, 6) is 2.89. The van der Waals surface area contributed by atoms with E-state index in [9.17, 15) is 4.21 Å². The number of aryl methyl sites for hydroxylation is 1. The Hall–Kier alpha value is -0.900. The topological polar surface area (TPSA) is 33.2 Å². The summed E-state index contributed by atoms with van der Waals surface area (Å²) in [7, 11) is -0.534. The first-order chi connectivity index (χ1) is 8.71. The lowest BCUT2D eigenvalue weighted by molar-refractivity contribution is 0.262. The molecule has 1 spiro atoms. The molecular weight excluding hydrogens is 244 g/mol. The van der Waals surface area contributed by atoms with Crippen molar-refractivity contribution < 1.29 is 4.21 Å². The second-order valence-electron chi connectivity index (χ2n) is 4.93. The summed E-state index contributed by atoms with van der Waals surface area (Å²) >= 11 is 0. The molecule has 3 nitrogen and oxygen atoms in total. The van der Waals surface area contributed by atoms with Crippen molar-refractivity contribution in [1.82, 2.24) is 4.98 Å². The quantitative estimate of drug-likeness (QED) is 0.823. The van der Waals surface area contributed by atoms with Crippen molar-refractivity contribution in [2.24, 2.45) is 5.41 Å². The van der Waals surface area contributed by atoms with Crippen molar-refractivity contribution in [2.45, 2.75) is 27.2 Å². The van der Waals surface area contributed by atoms with E-state index < -0.39 is 10.8 Å². The number of anilines is 1. The van der Waals surface area contributed by atoms with Crippen LogP contribution < -0.4 is 4.90 Å². The van der Waals surface area contributed by atoms with Crippen LogP contribution in [0.4, 0.5) is 5.82 Å². The van der Waals surface area contributed by atoms with E-state index in [1.807, 2.05) is 13.8 Å². The average molecular weight is 266 g/mol. The fourth-order valence-corrected chi connectivity index (χ4v) is 4.24. The zero-order valence-corrected chi connectivity index (χ0v) is 12.3. The Labute approximate surface area is 112 Å². The second-order valence-corrected chi connectivity index (χ2v) is 6.38. The molecule has 0 amide bonds. The van der Waals surface area contributed by atoms with Gasteiger partial charge in [-0.2, -0.15) is 0 Å². The van der Waals surface area contributed by atoms with Crippen LogP contribution in [0.5, 0.6) is 0 Å². The first-order valence-electron chi connectivity index (χ1n) is 6.77. The number of hydrogen-bond acceptors (Lipinski definition) is 3. The highest BCUT2D eigenvalue weighted by molar-refractivity contribution is 7.86. The molecule has 0 bridgehead atoms. The summed E-state index contributed by atoms with van der Waals surface area (Å²) in [4.78, 5) is 6.91. The van der Waals surface area contributed by atoms with Gasteiger partial charge < -0.3 is 4.90 Å². The third-order valence-corrected chi connectivity index (χ3v) is 5.33. The third kappa shape index (κ3) is 2.44. The zero-order valence-electron chi connectivity index (χ0n) is 11.5. The minimum Gasteiger partial charge on any atom is -0.355 e. The normalized spacial score (nSPS) is 20.7. The van der Waals surface area contributed by atoms with Gasteiger partial charge in [-0.1, -0.05) is 26.8 Å². The molecule has 0 radical (unpaired) electrons. The van der Waals surface area contributed by atoms with Crippen molar-refractivity contribution in [3.63, 3.8) is 0 Å². The molecular formula is C14H22N2OS. The van der Waals surface area contributed by atoms with Crippen LogP contribution in [-0.4, -0.2) is 33.8 Å². The standard InChI is InChI=1S/C12H16N2OS.C2H6/c1-2-10-4-3-5-11(13-10)14-6-12(7-14)8-16(15)9-12;1-2/h3-5H,2,6-9H2,1H3;1-2H3. The molecule has 0 aromatic carbocycles. The monoisotopic (exact) mass is 266 g/mol. The molecule has 0 N–H and O–H groups in total. The Balaban J connectivity index is 0.000000574. The number of pyridine rings is 1.